The number of carbonyl (C=O) groups excluding carboxylic acids is 2. The predicted octanol–water partition coefficient (Wildman–Crippen LogP) is 2.58. The zero-order chi connectivity index (χ0) is 17.7. The molecule has 0 spiro atoms. The van der Waals surface area contributed by atoms with E-state index in [0.29, 0.717) is 5.39 Å². The highest BCUT2D eigenvalue weighted by molar-refractivity contribution is 5.97. The number of ether oxygens (including phenoxy) is 1. The van der Waals surface area contributed by atoms with Gasteiger partial charge >= 0.3 is 11.6 Å². The number of allylic oxidation sites excluding steroid dienone is 1. The van der Waals surface area contributed by atoms with E-state index in [-0.39, 0.29) is 23.4 Å². The molecule has 2 aromatic rings. The molecule has 1 aromatic heterocycles. The summed E-state index contributed by atoms with van der Waals surface area (Å²) in [4.78, 5) is 35.5. The maximum atomic E-state index is 11.9. The molecule has 0 saturated carbocycles. The Morgan fingerprint density at radius 1 is 1.29 bits per heavy atom. The molecule has 0 radical (unpaired) electrons. The second-order valence-electron chi connectivity index (χ2n) is 5.29. The highest BCUT2D eigenvalue weighted by Crippen LogP contribution is 2.21. The molecule has 6 nitrogen and oxygen atoms in total. The van der Waals surface area contributed by atoms with Gasteiger partial charge < -0.3 is 14.5 Å². The molecule has 0 fully saturated rings. The molecule has 0 bridgehead atoms. The first kappa shape index (κ1) is 17.2. The van der Waals surface area contributed by atoms with Crippen molar-refractivity contribution in [1.82, 2.24) is 5.32 Å². The lowest BCUT2D eigenvalue weighted by atomic mass is 10.1. The Balaban J connectivity index is 2.33. The van der Waals surface area contributed by atoms with Crippen LogP contribution in [0.4, 0.5) is 0 Å². The first-order valence-corrected chi connectivity index (χ1v) is 7.24. The van der Waals surface area contributed by atoms with Crippen molar-refractivity contribution in [2.75, 3.05) is 6.54 Å². The van der Waals surface area contributed by atoms with Crippen LogP contribution in [-0.4, -0.2) is 18.4 Å². The number of esters is 1. The van der Waals surface area contributed by atoms with E-state index in [4.69, 9.17) is 9.15 Å². The van der Waals surface area contributed by atoms with Gasteiger partial charge in [-0.05, 0) is 32.0 Å². The predicted molar refractivity (Wildman–Crippen MR) is 90.1 cm³/mol. The van der Waals surface area contributed by atoms with Crippen molar-refractivity contribution >= 4 is 22.8 Å². The second-order valence-corrected chi connectivity index (χ2v) is 5.29. The number of hydrogen-bond acceptors (Lipinski definition) is 5. The van der Waals surface area contributed by atoms with E-state index in [1.165, 1.54) is 24.3 Å². The summed E-state index contributed by atoms with van der Waals surface area (Å²) in [5.74, 6) is -0.807. The van der Waals surface area contributed by atoms with E-state index in [0.717, 1.165) is 5.57 Å². The van der Waals surface area contributed by atoms with Crippen LogP contribution in [0.15, 0.2) is 57.8 Å². The second kappa shape index (κ2) is 7.41. The molecular formula is C18H17NO5. The van der Waals surface area contributed by atoms with E-state index in [9.17, 15) is 14.4 Å². The summed E-state index contributed by atoms with van der Waals surface area (Å²) >= 11 is 0. The third-order valence-electron chi connectivity index (χ3n) is 2.98. The summed E-state index contributed by atoms with van der Waals surface area (Å²) in [5.41, 5.74) is 0.167. The van der Waals surface area contributed by atoms with Crippen molar-refractivity contribution in [3.05, 3.63) is 64.6 Å². The first-order valence-electron chi connectivity index (χ1n) is 7.24. The summed E-state index contributed by atoms with van der Waals surface area (Å²) in [5, 5.41) is 3.06. The molecule has 2 rings (SSSR count). The quantitative estimate of drug-likeness (QED) is 0.300. The van der Waals surface area contributed by atoms with Crippen molar-refractivity contribution in [2.24, 2.45) is 0 Å². The van der Waals surface area contributed by atoms with E-state index < -0.39 is 17.5 Å². The first-order chi connectivity index (χ1) is 11.4. The molecule has 1 aromatic carbocycles. The van der Waals surface area contributed by atoms with Gasteiger partial charge in [0.1, 0.15) is 16.9 Å². The van der Waals surface area contributed by atoms with E-state index in [1.54, 1.807) is 26.0 Å². The molecule has 0 atom stereocenters. The van der Waals surface area contributed by atoms with E-state index >= 15 is 0 Å². The van der Waals surface area contributed by atoms with Gasteiger partial charge in [0.25, 0.3) is 5.91 Å². The zero-order valence-corrected chi connectivity index (χ0v) is 13.4. The van der Waals surface area contributed by atoms with Gasteiger partial charge in [-0.3, -0.25) is 4.79 Å². The molecule has 0 aliphatic heterocycles. The molecule has 6 heteroatoms. The van der Waals surface area contributed by atoms with E-state index in [2.05, 4.69) is 11.9 Å². The topological polar surface area (TPSA) is 85.6 Å². The van der Waals surface area contributed by atoms with Gasteiger partial charge in [0.2, 0.25) is 0 Å². The highest BCUT2D eigenvalue weighted by atomic mass is 16.5. The van der Waals surface area contributed by atoms with Crippen molar-refractivity contribution in [2.45, 2.75) is 13.8 Å². The fourth-order valence-corrected chi connectivity index (χ4v) is 1.95. The fraction of sp³-hybridized carbons (Fsp3) is 0.167. The Morgan fingerprint density at radius 2 is 2.04 bits per heavy atom. The summed E-state index contributed by atoms with van der Waals surface area (Å²) in [7, 11) is 0. The van der Waals surface area contributed by atoms with Gasteiger partial charge in [0.05, 0.1) is 0 Å². The Bertz CT molecular complexity index is 888. The summed E-state index contributed by atoms with van der Waals surface area (Å²) in [6.07, 6.45) is 2.86. The van der Waals surface area contributed by atoms with Gasteiger partial charge in [-0.25, -0.2) is 9.59 Å². The largest absolute Gasteiger partial charge is 0.423 e. The smallest absolute Gasteiger partial charge is 0.349 e. The number of nitrogens with one attached hydrogen (secondary N) is 1. The van der Waals surface area contributed by atoms with Crippen LogP contribution in [0.2, 0.25) is 0 Å². The third kappa shape index (κ3) is 4.19. The summed E-state index contributed by atoms with van der Waals surface area (Å²) < 4.78 is 10.3. The van der Waals surface area contributed by atoms with Crippen LogP contribution in [0.1, 0.15) is 24.2 Å². The Morgan fingerprint density at radius 3 is 2.71 bits per heavy atom. The molecule has 0 unspecified atom stereocenters. The number of hydrogen-bond donors (Lipinski definition) is 1. The maximum absolute atomic E-state index is 11.9. The van der Waals surface area contributed by atoms with Crippen LogP contribution in [0.25, 0.3) is 11.0 Å². The molecule has 1 amide bonds. The van der Waals surface area contributed by atoms with E-state index in [1.807, 2.05) is 0 Å². The minimum Gasteiger partial charge on any atom is -0.423 e. The molecular weight excluding hydrogens is 310 g/mol. The summed E-state index contributed by atoms with van der Waals surface area (Å²) in [6, 6.07) is 6.03. The lowest BCUT2D eigenvalue weighted by molar-refractivity contribution is -0.129. The lowest BCUT2D eigenvalue weighted by Gasteiger charge is -2.05. The van der Waals surface area contributed by atoms with Crippen LogP contribution < -0.4 is 15.7 Å². The average Bonchev–Trinajstić information content (AvgIpc) is 2.51. The molecule has 1 N–H and O–H groups in total. The standard InChI is InChI=1S/C18H17NO5/c1-4-7-19-17(21)14-9-12-5-6-13(10-15(12)24-18(14)22)23-16(20)8-11(2)3/h4-6,8-10H,1,7H2,2-3H3,(H,19,21). The zero-order valence-electron chi connectivity index (χ0n) is 13.4. The van der Waals surface area contributed by atoms with Gasteiger partial charge in [-0.1, -0.05) is 11.6 Å². The minimum absolute atomic E-state index is 0.0985. The molecule has 0 saturated heterocycles. The van der Waals surface area contributed by atoms with Crippen LogP contribution in [0.3, 0.4) is 0 Å². The number of rotatable bonds is 5. The van der Waals surface area contributed by atoms with Crippen molar-refractivity contribution in [3.63, 3.8) is 0 Å². The Kier molecular flexibility index (Phi) is 5.31. The van der Waals surface area contributed by atoms with Gasteiger partial charge in [0, 0.05) is 24.1 Å². The number of fused-ring (bicyclic) bond motifs is 1. The fourth-order valence-electron chi connectivity index (χ4n) is 1.95. The molecule has 0 aliphatic rings. The van der Waals surface area contributed by atoms with Crippen molar-refractivity contribution in [3.8, 4) is 5.75 Å². The van der Waals surface area contributed by atoms with Crippen molar-refractivity contribution in [1.29, 1.82) is 0 Å². The van der Waals surface area contributed by atoms with Gasteiger partial charge in [-0.2, -0.15) is 0 Å². The average molecular weight is 327 g/mol. The van der Waals surface area contributed by atoms with Crippen LogP contribution in [-0.2, 0) is 4.79 Å². The molecule has 1 heterocycles. The Labute approximate surface area is 138 Å². The third-order valence-corrected chi connectivity index (χ3v) is 2.98. The monoisotopic (exact) mass is 327 g/mol. The minimum atomic E-state index is -0.767. The van der Waals surface area contributed by atoms with Crippen LogP contribution in [0, 0.1) is 0 Å². The number of amides is 1. The molecule has 0 aliphatic carbocycles. The van der Waals surface area contributed by atoms with Gasteiger partial charge in [0.15, 0.2) is 0 Å². The van der Waals surface area contributed by atoms with Gasteiger partial charge in [-0.15, -0.1) is 6.58 Å². The summed E-state index contributed by atoms with van der Waals surface area (Å²) in [6.45, 7) is 7.29. The van der Waals surface area contributed by atoms with Crippen molar-refractivity contribution < 1.29 is 18.7 Å². The molecule has 124 valence electrons. The SMILES string of the molecule is C=CCNC(=O)c1cc2ccc(OC(=O)C=C(C)C)cc2oc1=O. The highest BCUT2D eigenvalue weighted by Gasteiger charge is 2.13. The number of benzene rings is 1. The lowest BCUT2D eigenvalue weighted by Crippen LogP contribution is -2.28. The molecule has 24 heavy (non-hydrogen) atoms. The van der Waals surface area contributed by atoms with Crippen LogP contribution >= 0.6 is 0 Å². The number of carbonyl (C=O) groups is 2. The van der Waals surface area contributed by atoms with Crippen LogP contribution in [0.5, 0.6) is 5.75 Å². The Hall–Kier alpha value is -3.15. The maximum Gasteiger partial charge on any atom is 0.349 e. The normalized spacial score (nSPS) is 10.1.